The second-order valence-corrected chi connectivity index (χ2v) is 7.48. The molecule has 0 atom stereocenters. The highest BCUT2D eigenvalue weighted by atomic mass is 35.5. The number of carbonyl (C=O) groups excluding carboxylic acids is 1. The van der Waals surface area contributed by atoms with E-state index in [0.29, 0.717) is 16.5 Å². The Balaban J connectivity index is 1.74. The first-order valence-corrected chi connectivity index (χ1v) is 9.55. The van der Waals surface area contributed by atoms with Crippen molar-refractivity contribution in [3.63, 3.8) is 0 Å². The summed E-state index contributed by atoms with van der Waals surface area (Å²) in [5.74, 6) is -0.0880. The van der Waals surface area contributed by atoms with E-state index in [-0.39, 0.29) is 10.5 Å². The lowest BCUT2D eigenvalue weighted by Crippen LogP contribution is -2.19. The van der Waals surface area contributed by atoms with Crippen molar-refractivity contribution in [2.24, 2.45) is 5.10 Å². The van der Waals surface area contributed by atoms with Crippen LogP contribution in [-0.4, -0.2) is 20.5 Å². The molecule has 0 aliphatic carbocycles. The third-order valence-corrected chi connectivity index (χ3v) is 5.00. The average molecular weight is 404 g/mol. The van der Waals surface area contributed by atoms with Gasteiger partial charge in [0.05, 0.1) is 23.1 Å². The summed E-state index contributed by atoms with van der Waals surface area (Å²) in [6, 6.07) is 15.3. The summed E-state index contributed by atoms with van der Waals surface area (Å²) in [7, 11) is -3.88. The SMILES string of the molecule is O=C(N/N=C\c1ccco1)c1cccc(S(=O)(=O)Nc2cccc(Cl)c2)c1. The molecular formula is C18H14ClN3O4S. The molecule has 0 spiro atoms. The Labute approximate surface area is 160 Å². The lowest BCUT2D eigenvalue weighted by atomic mass is 10.2. The standard InChI is InChI=1S/C18H14ClN3O4S/c19-14-5-2-6-15(11-14)22-27(24,25)17-8-1-4-13(10-17)18(23)21-20-12-16-7-3-9-26-16/h1-12,22H,(H,21,23)/b20-12-. The van der Waals surface area contributed by atoms with E-state index >= 15 is 0 Å². The van der Waals surface area contributed by atoms with E-state index in [1.807, 2.05) is 0 Å². The molecule has 138 valence electrons. The van der Waals surface area contributed by atoms with Crippen molar-refractivity contribution in [3.05, 3.63) is 83.3 Å². The van der Waals surface area contributed by atoms with Gasteiger partial charge in [-0.3, -0.25) is 9.52 Å². The zero-order chi connectivity index (χ0) is 19.3. The van der Waals surface area contributed by atoms with Crippen LogP contribution in [0.3, 0.4) is 0 Å². The summed E-state index contributed by atoms with van der Waals surface area (Å²) in [4.78, 5) is 12.1. The molecule has 2 aromatic carbocycles. The van der Waals surface area contributed by atoms with Gasteiger partial charge in [-0.05, 0) is 48.5 Å². The number of carbonyl (C=O) groups is 1. The van der Waals surface area contributed by atoms with Gasteiger partial charge in [0.25, 0.3) is 15.9 Å². The molecule has 2 N–H and O–H groups in total. The number of benzene rings is 2. The van der Waals surface area contributed by atoms with Crippen molar-refractivity contribution >= 4 is 39.4 Å². The van der Waals surface area contributed by atoms with Crippen molar-refractivity contribution in [1.29, 1.82) is 0 Å². The predicted octanol–water partition coefficient (Wildman–Crippen LogP) is 3.50. The fourth-order valence-electron chi connectivity index (χ4n) is 2.15. The van der Waals surface area contributed by atoms with Gasteiger partial charge in [0.1, 0.15) is 5.76 Å². The minimum Gasteiger partial charge on any atom is -0.463 e. The molecule has 0 saturated heterocycles. The third kappa shape index (κ3) is 4.96. The minimum absolute atomic E-state index is 0.0647. The lowest BCUT2D eigenvalue weighted by molar-refractivity contribution is 0.0955. The molecule has 9 heteroatoms. The average Bonchev–Trinajstić information content (AvgIpc) is 3.15. The summed E-state index contributed by atoms with van der Waals surface area (Å²) in [6.45, 7) is 0. The van der Waals surface area contributed by atoms with E-state index in [1.54, 1.807) is 30.3 Å². The van der Waals surface area contributed by atoms with E-state index in [9.17, 15) is 13.2 Å². The lowest BCUT2D eigenvalue weighted by Gasteiger charge is -2.09. The highest BCUT2D eigenvalue weighted by molar-refractivity contribution is 7.92. The Hall–Kier alpha value is -3.10. The van der Waals surface area contributed by atoms with E-state index < -0.39 is 15.9 Å². The number of hydrogen-bond donors (Lipinski definition) is 2. The van der Waals surface area contributed by atoms with Gasteiger partial charge in [-0.2, -0.15) is 5.10 Å². The van der Waals surface area contributed by atoms with Crippen molar-refractivity contribution in [2.75, 3.05) is 4.72 Å². The summed E-state index contributed by atoms with van der Waals surface area (Å²) in [5.41, 5.74) is 2.77. The first kappa shape index (κ1) is 18.7. The molecule has 1 aromatic heterocycles. The summed E-state index contributed by atoms with van der Waals surface area (Å²) in [5, 5.41) is 4.16. The molecule has 1 heterocycles. The highest BCUT2D eigenvalue weighted by Gasteiger charge is 2.16. The maximum Gasteiger partial charge on any atom is 0.271 e. The fraction of sp³-hybridized carbons (Fsp3) is 0. The van der Waals surface area contributed by atoms with Gasteiger partial charge in [-0.15, -0.1) is 0 Å². The van der Waals surface area contributed by atoms with Gasteiger partial charge >= 0.3 is 0 Å². The first-order chi connectivity index (χ1) is 12.9. The highest BCUT2D eigenvalue weighted by Crippen LogP contribution is 2.20. The van der Waals surface area contributed by atoms with Crippen LogP contribution >= 0.6 is 11.6 Å². The Kier molecular flexibility index (Phi) is 5.58. The number of nitrogens with zero attached hydrogens (tertiary/aromatic N) is 1. The second kappa shape index (κ2) is 8.07. The number of furan rings is 1. The smallest absolute Gasteiger partial charge is 0.271 e. The van der Waals surface area contributed by atoms with Crippen LogP contribution in [-0.2, 0) is 10.0 Å². The number of hydrogen-bond acceptors (Lipinski definition) is 5. The van der Waals surface area contributed by atoms with Gasteiger partial charge in [-0.1, -0.05) is 23.7 Å². The largest absolute Gasteiger partial charge is 0.463 e. The topological polar surface area (TPSA) is 101 Å². The number of nitrogens with one attached hydrogen (secondary N) is 2. The predicted molar refractivity (Wildman–Crippen MR) is 102 cm³/mol. The third-order valence-electron chi connectivity index (χ3n) is 3.38. The Morgan fingerprint density at radius 3 is 2.63 bits per heavy atom. The van der Waals surface area contributed by atoms with E-state index in [2.05, 4.69) is 15.2 Å². The molecule has 0 aliphatic rings. The van der Waals surface area contributed by atoms with E-state index in [1.165, 1.54) is 42.8 Å². The number of rotatable bonds is 6. The van der Waals surface area contributed by atoms with Gasteiger partial charge < -0.3 is 4.42 Å². The molecule has 3 aromatic rings. The van der Waals surface area contributed by atoms with Crippen LogP contribution in [0.4, 0.5) is 5.69 Å². The maximum atomic E-state index is 12.5. The zero-order valence-corrected chi connectivity index (χ0v) is 15.4. The molecule has 3 rings (SSSR count). The summed E-state index contributed by atoms with van der Waals surface area (Å²) >= 11 is 5.86. The zero-order valence-electron chi connectivity index (χ0n) is 13.8. The molecule has 7 nitrogen and oxygen atoms in total. The monoisotopic (exact) mass is 403 g/mol. The van der Waals surface area contributed by atoms with Gasteiger partial charge in [0, 0.05) is 10.6 Å². The number of anilines is 1. The van der Waals surface area contributed by atoms with Crippen LogP contribution in [0.15, 0.2) is 81.3 Å². The molecule has 27 heavy (non-hydrogen) atoms. The van der Waals surface area contributed by atoms with Crippen LogP contribution in [0.5, 0.6) is 0 Å². The van der Waals surface area contributed by atoms with Crippen LogP contribution in [0.2, 0.25) is 5.02 Å². The number of amides is 1. The van der Waals surface area contributed by atoms with E-state index in [0.717, 1.165) is 0 Å². The molecule has 0 bridgehead atoms. The second-order valence-electron chi connectivity index (χ2n) is 5.36. The molecular weight excluding hydrogens is 390 g/mol. The van der Waals surface area contributed by atoms with E-state index in [4.69, 9.17) is 16.0 Å². The van der Waals surface area contributed by atoms with Crippen molar-refractivity contribution in [3.8, 4) is 0 Å². The molecule has 0 unspecified atom stereocenters. The Bertz CT molecular complexity index is 1080. The molecule has 0 fully saturated rings. The molecule has 0 aliphatic heterocycles. The van der Waals surface area contributed by atoms with Crippen LogP contribution in [0, 0.1) is 0 Å². The van der Waals surface area contributed by atoms with Gasteiger partial charge in [0.15, 0.2) is 0 Å². The Morgan fingerprint density at radius 1 is 1.07 bits per heavy atom. The van der Waals surface area contributed by atoms with Crippen LogP contribution < -0.4 is 10.1 Å². The molecule has 1 amide bonds. The normalized spacial score (nSPS) is 11.4. The fourth-order valence-corrected chi connectivity index (χ4v) is 3.44. The molecule has 0 radical (unpaired) electrons. The van der Waals surface area contributed by atoms with Gasteiger partial charge in [-0.25, -0.2) is 13.8 Å². The van der Waals surface area contributed by atoms with Crippen molar-refractivity contribution in [1.82, 2.24) is 5.43 Å². The van der Waals surface area contributed by atoms with Crippen molar-refractivity contribution < 1.29 is 17.6 Å². The van der Waals surface area contributed by atoms with Crippen LogP contribution in [0.25, 0.3) is 0 Å². The maximum absolute atomic E-state index is 12.5. The molecule has 0 saturated carbocycles. The first-order valence-electron chi connectivity index (χ1n) is 7.69. The summed E-state index contributed by atoms with van der Waals surface area (Å²) in [6.07, 6.45) is 2.81. The minimum atomic E-state index is -3.88. The number of hydrazone groups is 1. The Morgan fingerprint density at radius 2 is 1.89 bits per heavy atom. The quantitative estimate of drug-likeness (QED) is 0.485. The summed E-state index contributed by atoms with van der Waals surface area (Å²) < 4.78 is 32.5. The number of halogens is 1. The van der Waals surface area contributed by atoms with Gasteiger partial charge in [0.2, 0.25) is 0 Å². The van der Waals surface area contributed by atoms with Crippen LogP contribution in [0.1, 0.15) is 16.1 Å². The number of sulfonamides is 1. The van der Waals surface area contributed by atoms with Crippen molar-refractivity contribution in [2.45, 2.75) is 4.90 Å².